The van der Waals surface area contributed by atoms with Gasteiger partial charge in [-0.2, -0.15) is 0 Å². The molecule has 0 rings (SSSR count). The Hall–Kier alpha value is -1.94. The van der Waals surface area contributed by atoms with Crippen LogP contribution in [0.1, 0.15) is 395 Å². The highest BCUT2D eigenvalue weighted by Crippen LogP contribution is 2.45. The second-order valence-electron chi connectivity index (χ2n) is 29.2. The standard InChI is InChI=1S/C77H150O17P2/c1-8-9-10-11-12-13-29-37-44-51-58-74(79)87-65-73(94-77(82)61-54-47-40-33-32-36-43-50-57-70(6)7)67-92-96(85,86)90-63-71(78)62-89-95(83,84)91-66-72(64-88-75(80)59-52-45-38-30-26-22-24-28-35-42-49-56-69(4)5)93-76(81)60-53-46-39-31-25-21-19-17-15-14-16-18-20-23-27-34-41-48-55-68(2)3/h68-73,78H,8-67H2,1-7H3,(H,83,84)(H,85,86)/t71-,72-,73-/m1/s1. The number of hydrogen-bond acceptors (Lipinski definition) is 15. The van der Waals surface area contributed by atoms with Crippen LogP contribution in [0.5, 0.6) is 0 Å². The Morgan fingerprint density at radius 3 is 0.708 bits per heavy atom. The summed E-state index contributed by atoms with van der Waals surface area (Å²) in [7, 11) is -9.91. The highest BCUT2D eigenvalue weighted by atomic mass is 31.2. The van der Waals surface area contributed by atoms with Crippen LogP contribution in [-0.4, -0.2) is 96.7 Å². The first kappa shape index (κ1) is 94.1. The molecular formula is C77H150O17P2. The Labute approximate surface area is 588 Å². The second kappa shape index (κ2) is 67.5. The fourth-order valence-corrected chi connectivity index (χ4v) is 13.4. The average Bonchev–Trinajstić information content (AvgIpc) is 1.87. The summed E-state index contributed by atoms with van der Waals surface area (Å²) in [4.78, 5) is 72.8. The van der Waals surface area contributed by atoms with Crippen LogP contribution in [-0.2, 0) is 65.4 Å². The van der Waals surface area contributed by atoms with Gasteiger partial charge in [0, 0.05) is 25.7 Å². The van der Waals surface area contributed by atoms with E-state index < -0.39 is 97.5 Å². The molecule has 0 bridgehead atoms. The van der Waals surface area contributed by atoms with Crippen LogP contribution in [0, 0.1) is 17.8 Å². The number of ether oxygens (including phenoxy) is 4. The molecule has 96 heavy (non-hydrogen) atoms. The molecule has 0 amide bonds. The smallest absolute Gasteiger partial charge is 0.462 e. The largest absolute Gasteiger partial charge is 0.472 e. The van der Waals surface area contributed by atoms with Gasteiger partial charge in [-0.15, -0.1) is 0 Å². The summed E-state index contributed by atoms with van der Waals surface area (Å²) < 4.78 is 68.5. The summed E-state index contributed by atoms with van der Waals surface area (Å²) in [6.45, 7) is 11.9. The molecule has 0 fully saturated rings. The molecule has 0 radical (unpaired) electrons. The van der Waals surface area contributed by atoms with E-state index in [2.05, 4.69) is 48.5 Å². The lowest BCUT2D eigenvalue weighted by Gasteiger charge is -2.21. The van der Waals surface area contributed by atoms with Gasteiger partial charge >= 0.3 is 39.5 Å². The Kier molecular flexibility index (Phi) is 66.2. The van der Waals surface area contributed by atoms with Gasteiger partial charge in [-0.25, -0.2) is 9.13 Å². The minimum absolute atomic E-state index is 0.105. The lowest BCUT2D eigenvalue weighted by Crippen LogP contribution is -2.30. The highest BCUT2D eigenvalue weighted by molar-refractivity contribution is 7.47. The topological polar surface area (TPSA) is 237 Å². The third kappa shape index (κ3) is 70.5. The van der Waals surface area contributed by atoms with E-state index in [-0.39, 0.29) is 25.7 Å². The maximum absolute atomic E-state index is 13.1. The first-order chi connectivity index (χ1) is 46.2. The lowest BCUT2D eigenvalue weighted by atomic mass is 10.0. The van der Waals surface area contributed by atoms with Gasteiger partial charge in [0.1, 0.15) is 19.3 Å². The van der Waals surface area contributed by atoms with E-state index in [1.54, 1.807) is 0 Å². The number of phosphoric ester groups is 2. The molecule has 0 saturated heterocycles. The number of esters is 4. The number of carbonyl (C=O) groups excluding carboxylic acids is 4. The molecule has 0 heterocycles. The van der Waals surface area contributed by atoms with Crippen molar-refractivity contribution in [2.75, 3.05) is 39.6 Å². The van der Waals surface area contributed by atoms with E-state index in [1.165, 1.54) is 205 Å². The molecule has 2 unspecified atom stereocenters. The van der Waals surface area contributed by atoms with Gasteiger partial charge in [-0.05, 0) is 43.4 Å². The lowest BCUT2D eigenvalue weighted by molar-refractivity contribution is -0.161. The molecule has 0 aromatic heterocycles. The van der Waals surface area contributed by atoms with E-state index in [4.69, 9.17) is 37.0 Å². The van der Waals surface area contributed by atoms with Crippen molar-refractivity contribution in [1.29, 1.82) is 0 Å². The van der Waals surface area contributed by atoms with Crippen molar-refractivity contribution in [1.82, 2.24) is 0 Å². The minimum Gasteiger partial charge on any atom is -0.462 e. The molecule has 0 aromatic rings. The fourth-order valence-electron chi connectivity index (χ4n) is 11.8. The SMILES string of the molecule is CCCCCCCCCCCCC(=O)OC[C@H](COP(=O)(O)OC[C@H](O)COP(=O)(O)OC[C@@H](COC(=O)CCCCCCCCCCCCCC(C)C)OC(=O)CCCCCCCCCCCCCCCCCCCCC(C)C)OC(=O)CCCCCCCCCCC(C)C. The minimum atomic E-state index is -4.96. The van der Waals surface area contributed by atoms with Crippen molar-refractivity contribution in [3.05, 3.63) is 0 Å². The predicted molar refractivity (Wildman–Crippen MR) is 391 cm³/mol. The predicted octanol–water partition coefficient (Wildman–Crippen LogP) is 22.6. The number of carbonyl (C=O) groups is 4. The molecule has 0 aliphatic heterocycles. The van der Waals surface area contributed by atoms with Crippen LogP contribution < -0.4 is 0 Å². The van der Waals surface area contributed by atoms with Crippen LogP contribution in [0.3, 0.4) is 0 Å². The zero-order valence-corrected chi connectivity index (χ0v) is 64.6. The van der Waals surface area contributed by atoms with Gasteiger partial charge in [0.05, 0.1) is 26.4 Å². The number of aliphatic hydroxyl groups excluding tert-OH is 1. The number of aliphatic hydroxyl groups is 1. The molecule has 0 spiro atoms. The van der Waals surface area contributed by atoms with Gasteiger partial charge < -0.3 is 33.8 Å². The van der Waals surface area contributed by atoms with Crippen molar-refractivity contribution in [3.63, 3.8) is 0 Å². The highest BCUT2D eigenvalue weighted by Gasteiger charge is 2.30. The average molecular weight is 1410 g/mol. The molecule has 3 N–H and O–H groups in total. The third-order valence-electron chi connectivity index (χ3n) is 17.9. The molecule has 0 aromatic carbocycles. The van der Waals surface area contributed by atoms with Crippen molar-refractivity contribution in [2.45, 2.75) is 414 Å². The van der Waals surface area contributed by atoms with E-state index >= 15 is 0 Å². The Balaban J connectivity index is 5.20. The second-order valence-corrected chi connectivity index (χ2v) is 32.1. The maximum atomic E-state index is 13.1. The van der Waals surface area contributed by atoms with Crippen molar-refractivity contribution < 1.29 is 80.2 Å². The van der Waals surface area contributed by atoms with Gasteiger partial charge in [-0.3, -0.25) is 37.3 Å². The summed E-state index contributed by atoms with van der Waals surface area (Å²) in [6, 6.07) is 0. The Morgan fingerprint density at radius 2 is 0.479 bits per heavy atom. The number of hydrogen-bond donors (Lipinski definition) is 3. The van der Waals surface area contributed by atoms with Crippen molar-refractivity contribution >= 4 is 39.5 Å². The molecule has 0 saturated carbocycles. The first-order valence-electron chi connectivity index (χ1n) is 39.8. The fraction of sp³-hybridized carbons (Fsp3) is 0.948. The quantitative estimate of drug-likeness (QED) is 0.0222. The molecule has 5 atom stereocenters. The maximum Gasteiger partial charge on any atom is 0.472 e. The summed E-state index contributed by atoms with van der Waals surface area (Å²) in [6.07, 6.45) is 54.2. The first-order valence-corrected chi connectivity index (χ1v) is 42.8. The summed E-state index contributed by atoms with van der Waals surface area (Å²) in [5.41, 5.74) is 0. The van der Waals surface area contributed by atoms with E-state index in [1.807, 2.05) is 0 Å². The van der Waals surface area contributed by atoms with Crippen LogP contribution in [0.15, 0.2) is 0 Å². The van der Waals surface area contributed by atoms with Crippen molar-refractivity contribution in [2.24, 2.45) is 17.8 Å². The molecule has 17 nitrogen and oxygen atoms in total. The molecule has 0 aliphatic carbocycles. The van der Waals surface area contributed by atoms with Gasteiger partial charge in [-0.1, -0.05) is 344 Å². The molecule has 570 valence electrons. The monoisotopic (exact) mass is 1410 g/mol. The third-order valence-corrected chi connectivity index (χ3v) is 19.8. The molecular weight excluding hydrogens is 1260 g/mol. The Morgan fingerprint density at radius 1 is 0.281 bits per heavy atom. The number of unbranched alkanes of at least 4 members (excludes halogenated alkanes) is 43. The zero-order valence-electron chi connectivity index (χ0n) is 62.8. The van der Waals surface area contributed by atoms with Gasteiger partial charge in [0.25, 0.3) is 0 Å². The summed E-state index contributed by atoms with van der Waals surface area (Å²) in [5.74, 6) is 0.191. The summed E-state index contributed by atoms with van der Waals surface area (Å²) >= 11 is 0. The van der Waals surface area contributed by atoms with Crippen LogP contribution in [0.25, 0.3) is 0 Å². The van der Waals surface area contributed by atoms with Gasteiger partial charge in [0.15, 0.2) is 12.2 Å². The summed E-state index contributed by atoms with van der Waals surface area (Å²) in [5, 5.41) is 10.6. The Bertz CT molecular complexity index is 1870. The molecule has 19 heteroatoms. The van der Waals surface area contributed by atoms with Crippen LogP contribution >= 0.6 is 15.6 Å². The van der Waals surface area contributed by atoms with Crippen LogP contribution in [0.4, 0.5) is 0 Å². The van der Waals surface area contributed by atoms with Gasteiger partial charge in [0.2, 0.25) is 0 Å². The van der Waals surface area contributed by atoms with Crippen LogP contribution in [0.2, 0.25) is 0 Å². The molecule has 0 aliphatic rings. The van der Waals surface area contributed by atoms with E-state index in [0.717, 1.165) is 108 Å². The number of rotatable bonds is 75. The van der Waals surface area contributed by atoms with E-state index in [0.29, 0.717) is 25.7 Å². The number of phosphoric acid groups is 2. The van der Waals surface area contributed by atoms with Crippen molar-refractivity contribution in [3.8, 4) is 0 Å². The normalized spacial score (nSPS) is 14.1. The zero-order chi connectivity index (χ0) is 70.9. The van der Waals surface area contributed by atoms with E-state index in [9.17, 15) is 43.2 Å².